The number of rotatable bonds is 5. The fourth-order valence-electron chi connectivity index (χ4n) is 8.00. The van der Waals surface area contributed by atoms with Crippen LogP contribution in [0.15, 0.2) is 192 Å². The summed E-state index contributed by atoms with van der Waals surface area (Å²) < 4.78 is 8.61. The number of nitrogens with zero attached hydrogens (tertiary/aromatic N) is 3. The van der Waals surface area contributed by atoms with E-state index in [1.807, 2.05) is 18.2 Å². The lowest BCUT2D eigenvalue weighted by Gasteiger charge is -2.13. The van der Waals surface area contributed by atoms with Gasteiger partial charge in [-0.25, -0.2) is 9.97 Å². The number of imidazole rings is 1. The van der Waals surface area contributed by atoms with Crippen molar-refractivity contribution in [2.45, 2.75) is 0 Å². The molecule has 0 radical (unpaired) electrons. The van der Waals surface area contributed by atoms with Crippen LogP contribution in [-0.4, -0.2) is 14.5 Å². The Morgan fingerprint density at radius 1 is 0.407 bits per heavy atom. The summed E-state index contributed by atoms with van der Waals surface area (Å²) >= 11 is 0. The number of benzene rings is 8. The smallest absolute Gasteiger partial charge is 0.145 e. The van der Waals surface area contributed by atoms with Crippen LogP contribution in [0.25, 0.3) is 105 Å². The SMILES string of the molecule is c1ccc(-c2nc3ccccc3c3nc(-c4ccc(-c5ccc6oc7ccc(-c8cccc9ccccc89)cc7c6c5)cc4)n(-c4ccccc4)c23)cc1. The molecule has 3 heterocycles. The van der Waals surface area contributed by atoms with Crippen molar-refractivity contribution < 1.29 is 4.42 Å². The van der Waals surface area contributed by atoms with E-state index in [2.05, 4.69) is 174 Å². The van der Waals surface area contributed by atoms with E-state index in [1.54, 1.807) is 0 Å². The quantitative estimate of drug-likeness (QED) is 0.181. The predicted octanol–water partition coefficient (Wildman–Crippen LogP) is 13.3. The predicted molar refractivity (Wildman–Crippen MR) is 223 cm³/mol. The number of furan rings is 1. The van der Waals surface area contributed by atoms with Crippen LogP contribution in [-0.2, 0) is 0 Å². The van der Waals surface area contributed by atoms with Gasteiger partial charge in [-0.1, -0.05) is 146 Å². The van der Waals surface area contributed by atoms with Crippen molar-refractivity contribution in [1.29, 1.82) is 0 Å². The minimum atomic E-state index is 0.871. The molecular weight excluding hydrogens is 659 g/mol. The van der Waals surface area contributed by atoms with Gasteiger partial charge >= 0.3 is 0 Å². The number of pyridine rings is 1. The topological polar surface area (TPSA) is 43.9 Å². The maximum atomic E-state index is 6.34. The molecule has 4 nitrogen and oxygen atoms in total. The highest BCUT2D eigenvalue weighted by atomic mass is 16.3. The summed E-state index contributed by atoms with van der Waals surface area (Å²) in [4.78, 5) is 10.6. The Hall–Kier alpha value is -7.30. The Morgan fingerprint density at radius 3 is 1.81 bits per heavy atom. The van der Waals surface area contributed by atoms with Crippen LogP contribution >= 0.6 is 0 Å². The standard InChI is InChI=1S/C50H31N3O/c1-3-13-34(14-4-1)47-49-48(41-19-9-10-21-44(41)51-47)52-50(53(49)38-16-5-2-6-17-38)35-24-22-32(23-25-35)36-26-28-45-42(30-36)43-31-37(27-29-46(43)54-45)40-20-11-15-33-12-7-8-18-39(33)40/h1-31H. The van der Waals surface area contributed by atoms with Gasteiger partial charge in [0.2, 0.25) is 0 Å². The molecule has 11 aromatic rings. The second kappa shape index (κ2) is 12.1. The van der Waals surface area contributed by atoms with Crippen molar-refractivity contribution in [3.8, 4) is 50.6 Å². The molecule has 0 spiro atoms. The molecule has 0 bridgehead atoms. The highest BCUT2D eigenvalue weighted by molar-refractivity contribution is 6.10. The van der Waals surface area contributed by atoms with E-state index in [4.69, 9.17) is 14.4 Å². The molecule has 0 saturated carbocycles. The number of fused-ring (bicyclic) bond motifs is 7. The van der Waals surface area contributed by atoms with E-state index in [0.29, 0.717) is 0 Å². The molecule has 3 aromatic heterocycles. The van der Waals surface area contributed by atoms with Crippen molar-refractivity contribution in [2.75, 3.05) is 0 Å². The molecule has 0 saturated heterocycles. The molecule has 252 valence electrons. The van der Waals surface area contributed by atoms with Crippen LogP contribution in [0.2, 0.25) is 0 Å². The maximum Gasteiger partial charge on any atom is 0.145 e. The number of aromatic nitrogens is 3. The van der Waals surface area contributed by atoms with Gasteiger partial charge in [0.1, 0.15) is 28.0 Å². The van der Waals surface area contributed by atoms with Crippen molar-refractivity contribution >= 4 is 54.6 Å². The first-order valence-electron chi connectivity index (χ1n) is 18.2. The summed E-state index contributed by atoms with van der Waals surface area (Å²) in [5.74, 6) is 0.871. The second-order valence-corrected chi connectivity index (χ2v) is 13.8. The van der Waals surface area contributed by atoms with Gasteiger partial charge < -0.3 is 4.42 Å². The summed E-state index contributed by atoms with van der Waals surface area (Å²) in [5, 5.41) is 5.73. The molecule has 0 fully saturated rings. The summed E-state index contributed by atoms with van der Waals surface area (Å²) in [5.41, 5.74) is 13.3. The highest BCUT2D eigenvalue weighted by Crippen LogP contribution is 2.40. The fraction of sp³-hybridized carbons (Fsp3) is 0. The Labute approximate surface area is 311 Å². The largest absolute Gasteiger partial charge is 0.456 e. The average molecular weight is 690 g/mol. The van der Waals surface area contributed by atoms with Crippen molar-refractivity contribution in [3.63, 3.8) is 0 Å². The molecule has 0 unspecified atom stereocenters. The van der Waals surface area contributed by atoms with Crippen LogP contribution in [0.3, 0.4) is 0 Å². The first kappa shape index (κ1) is 30.3. The zero-order valence-corrected chi connectivity index (χ0v) is 29.1. The van der Waals surface area contributed by atoms with E-state index in [-0.39, 0.29) is 0 Å². The number of hydrogen-bond donors (Lipinski definition) is 0. The van der Waals surface area contributed by atoms with Crippen molar-refractivity contribution in [3.05, 3.63) is 188 Å². The summed E-state index contributed by atoms with van der Waals surface area (Å²) in [7, 11) is 0. The molecule has 0 atom stereocenters. The monoisotopic (exact) mass is 689 g/mol. The summed E-state index contributed by atoms with van der Waals surface area (Å²) in [6.45, 7) is 0. The fourth-order valence-corrected chi connectivity index (χ4v) is 8.00. The minimum absolute atomic E-state index is 0.871. The average Bonchev–Trinajstić information content (AvgIpc) is 3.83. The lowest BCUT2D eigenvalue weighted by Crippen LogP contribution is -1.99. The van der Waals surface area contributed by atoms with Gasteiger partial charge in [-0.2, -0.15) is 0 Å². The van der Waals surface area contributed by atoms with Crippen molar-refractivity contribution in [1.82, 2.24) is 14.5 Å². The van der Waals surface area contributed by atoms with E-state index in [9.17, 15) is 0 Å². The zero-order chi connectivity index (χ0) is 35.6. The normalized spacial score (nSPS) is 11.7. The minimum Gasteiger partial charge on any atom is -0.456 e. The molecule has 11 rings (SSSR count). The van der Waals surface area contributed by atoms with Crippen LogP contribution in [0.4, 0.5) is 0 Å². The van der Waals surface area contributed by atoms with E-state index in [1.165, 1.54) is 21.9 Å². The van der Waals surface area contributed by atoms with Gasteiger partial charge in [0, 0.05) is 33.0 Å². The van der Waals surface area contributed by atoms with Gasteiger partial charge in [0.05, 0.1) is 11.2 Å². The van der Waals surface area contributed by atoms with E-state index < -0.39 is 0 Å². The summed E-state index contributed by atoms with van der Waals surface area (Å²) in [6, 6.07) is 66.0. The van der Waals surface area contributed by atoms with E-state index >= 15 is 0 Å². The Balaban J connectivity index is 1.05. The van der Waals surface area contributed by atoms with Gasteiger partial charge in [0.15, 0.2) is 0 Å². The third kappa shape index (κ3) is 4.85. The Kier molecular flexibility index (Phi) is 6.82. The van der Waals surface area contributed by atoms with Crippen LogP contribution in [0, 0.1) is 0 Å². The van der Waals surface area contributed by atoms with E-state index in [0.717, 1.165) is 83.3 Å². The third-order valence-corrected chi connectivity index (χ3v) is 10.6. The molecule has 0 aliphatic heterocycles. The molecule has 54 heavy (non-hydrogen) atoms. The van der Waals surface area contributed by atoms with Crippen LogP contribution in [0.1, 0.15) is 0 Å². The zero-order valence-electron chi connectivity index (χ0n) is 29.1. The Bertz CT molecular complexity index is 3190. The molecule has 8 aromatic carbocycles. The van der Waals surface area contributed by atoms with Gasteiger partial charge in [-0.15, -0.1) is 0 Å². The molecule has 0 aliphatic carbocycles. The first-order chi connectivity index (χ1) is 26.8. The van der Waals surface area contributed by atoms with Gasteiger partial charge in [-0.3, -0.25) is 4.57 Å². The highest BCUT2D eigenvalue weighted by Gasteiger charge is 2.22. The number of para-hydroxylation sites is 2. The molecule has 0 N–H and O–H groups in total. The summed E-state index contributed by atoms with van der Waals surface area (Å²) in [6.07, 6.45) is 0. The maximum absolute atomic E-state index is 6.34. The van der Waals surface area contributed by atoms with Crippen LogP contribution < -0.4 is 0 Å². The lowest BCUT2D eigenvalue weighted by molar-refractivity contribution is 0.669. The third-order valence-electron chi connectivity index (χ3n) is 10.6. The molecule has 0 amide bonds. The molecule has 4 heteroatoms. The molecule has 0 aliphatic rings. The first-order valence-corrected chi connectivity index (χ1v) is 18.2. The second-order valence-electron chi connectivity index (χ2n) is 13.8. The number of hydrogen-bond acceptors (Lipinski definition) is 3. The lowest BCUT2D eigenvalue weighted by atomic mass is 9.96. The molecular formula is C50H31N3O. The van der Waals surface area contributed by atoms with Crippen LogP contribution in [0.5, 0.6) is 0 Å². The Morgan fingerprint density at radius 2 is 1.02 bits per heavy atom. The van der Waals surface area contributed by atoms with Gasteiger partial charge in [-0.05, 0) is 75.5 Å². The van der Waals surface area contributed by atoms with Crippen molar-refractivity contribution in [2.24, 2.45) is 0 Å². The van der Waals surface area contributed by atoms with Gasteiger partial charge in [0.25, 0.3) is 0 Å².